The summed E-state index contributed by atoms with van der Waals surface area (Å²) in [5.74, 6) is -0.193. The maximum Gasteiger partial charge on any atom is 0.237 e. The van der Waals surface area contributed by atoms with Gasteiger partial charge in [-0.1, -0.05) is 52.4 Å². The lowest BCUT2D eigenvalue weighted by Gasteiger charge is -2.31. The van der Waals surface area contributed by atoms with Gasteiger partial charge in [0.2, 0.25) is 13.3 Å². The maximum absolute atomic E-state index is 13.0. The van der Waals surface area contributed by atoms with Crippen molar-refractivity contribution in [3.63, 3.8) is 0 Å². The first-order valence-electron chi connectivity index (χ1n) is 10.3. The molecule has 0 spiro atoms. The standard InChI is InChI=1S/C19H40N3O3P/c1-15(2)11-13-26(24,25)18(14-16-8-4-3-5-9-16)22-19(23)17(21)10-6-7-12-20/h15-18H,3-14,20-21H2,1-2H3,(H,22,23)(H,24,25). The van der Waals surface area contributed by atoms with Crippen LogP contribution < -0.4 is 16.8 Å². The van der Waals surface area contributed by atoms with Crippen LogP contribution in [0.5, 0.6) is 0 Å². The lowest BCUT2D eigenvalue weighted by atomic mass is 9.87. The number of nitrogens with two attached hydrogens (primary N) is 2. The summed E-state index contributed by atoms with van der Waals surface area (Å²) in [6.07, 6.45) is 9.47. The van der Waals surface area contributed by atoms with E-state index in [1.54, 1.807) is 0 Å². The van der Waals surface area contributed by atoms with Crippen LogP contribution in [0.1, 0.15) is 78.1 Å². The van der Waals surface area contributed by atoms with Crippen LogP contribution in [0.15, 0.2) is 0 Å². The summed E-state index contributed by atoms with van der Waals surface area (Å²) in [5.41, 5.74) is 11.5. The van der Waals surface area contributed by atoms with Gasteiger partial charge in [0.25, 0.3) is 0 Å². The Hall–Kier alpha value is -0.420. The molecule has 1 fully saturated rings. The predicted molar refractivity (Wildman–Crippen MR) is 108 cm³/mol. The number of carbonyl (C=O) groups excluding carboxylic acids is 1. The number of unbranched alkanes of at least 4 members (excludes halogenated alkanes) is 1. The van der Waals surface area contributed by atoms with Gasteiger partial charge in [-0.05, 0) is 44.1 Å². The summed E-state index contributed by atoms with van der Waals surface area (Å²) in [6, 6.07) is -0.638. The molecule has 1 saturated carbocycles. The van der Waals surface area contributed by atoms with Crippen molar-refractivity contribution < 1.29 is 14.3 Å². The molecule has 0 aromatic carbocycles. The van der Waals surface area contributed by atoms with E-state index in [-0.39, 0.29) is 12.1 Å². The van der Waals surface area contributed by atoms with E-state index in [2.05, 4.69) is 5.32 Å². The zero-order chi connectivity index (χ0) is 19.6. The van der Waals surface area contributed by atoms with E-state index in [1.165, 1.54) is 19.3 Å². The molecule has 0 aliphatic heterocycles. The summed E-state index contributed by atoms with van der Waals surface area (Å²) in [6.45, 7) is 4.67. The second-order valence-electron chi connectivity index (χ2n) is 8.32. The van der Waals surface area contributed by atoms with E-state index < -0.39 is 19.2 Å². The summed E-state index contributed by atoms with van der Waals surface area (Å²) in [7, 11) is -3.46. The fourth-order valence-electron chi connectivity index (χ4n) is 3.57. The molecule has 0 aromatic heterocycles. The molecular formula is C19H40N3O3P. The van der Waals surface area contributed by atoms with Gasteiger partial charge in [-0.15, -0.1) is 0 Å². The number of amides is 1. The van der Waals surface area contributed by atoms with Crippen molar-refractivity contribution in [2.75, 3.05) is 12.7 Å². The lowest BCUT2D eigenvalue weighted by molar-refractivity contribution is -0.122. The van der Waals surface area contributed by atoms with Crippen LogP contribution in [0.4, 0.5) is 0 Å². The maximum atomic E-state index is 13.0. The van der Waals surface area contributed by atoms with Crippen molar-refractivity contribution in [3.05, 3.63) is 0 Å². The summed E-state index contributed by atoms with van der Waals surface area (Å²) in [5, 5.41) is 2.85. The largest absolute Gasteiger partial charge is 0.343 e. The Morgan fingerprint density at radius 2 is 1.85 bits per heavy atom. The second-order valence-corrected chi connectivity index (χ2v) is 10.9. The van der Waals surface area contributed by atoms with Crippen LogP contribution in [0.3, 0.4) is 0 Å². The van der Waals surface area contributed by atoms with Crippen molar-refractivity contribution >= 4 is 13.3 Å². The summed E-state index contributed by atoms with van der Waals surface area (Å²) < 4.78 is 13.0. The molecule has 0 radical (unpaired) electrons. The van der Waals surface area contributed by atoms with Crippen LogP contribution in [-0.2, 0) is 9.36 Å². The molecule has 3 atom stereocenters. The lowest BCUT2D eigenvalue weighted by Crippen LogP contribution is -2.46. The minimum absolute atomic E-state index is 0.255. The molecule has 7 heteroatoms. The Labute approximate surface area is 159 Å². The summed E-state index contributed by atoms with van der Waals surface area (Å²) in [4.78, 5) is 23.2. The molecule has 6 N–H and O–H groups in total. The normalized spacial score (nSPS) is 20.5. The molecule has 6 nitrogen and oxygen atoms in total. The molecule has 154 valence electrons. The SMILES string of the molecule is CC(C)CCP(=O)(O)C(CC1CCCCC1)NC(=O)C(N)CCCCN. The van der Waals surface area contributed by atoms with E-state index >= 15 is 0 Å². The zero-order valence-corrected chi connectivity index (χ0v) is 17.6. The first-order valence-corrected chi connectivity index (χ1v) is 12.2. The Balaban J connectivity index is 2.71. The van der Waals surface area contributed by atoms with Gasteiger partial charge in [0.1, 0.15) is 5.78 Å². The van der Waals surface area contributed by atoms with Gasteiger partial charge in [-0.2, -0.15) is 0 Å². The third kappa shape index (κ3) is 8.98. The van der Waals surface area contributed by atoms with Gasteiger partial charge in [-0.25, -0.2) is 0 Å². The molecule has 1 rings (SSSR count). The van der Waals surface area contributed by atoms with Crippen LogP contribution in [-0.4, -0.2) is 35.3 Å². The van der Waals surface area contributed by atoms with Gasteiger partial charge in [0, 0.05) is 6.16 Å². The summed E-state index contributed by atoms with van der Waals surface area (Å²) >= 11 is 0. The van der Waals surface area contributed by atoms with Crippen molar-refractivity contribution in [2.45, 2.75) is 89.9 Å². The van der Waals surface area contributed by atoms with Crippen molar-refractivity contribution in [2.24, 2.45) is 23.3 Å². The number of nitrogens with one attached hydrogen (secondary N) is 1. The third-order valence-corrected chi connectivity index (χ3v) is 7.62. The minimum Gasteiger partial charge on any atom is -0.343 e. The first-order chi connectivity index (χ1) is 12.3. The van der Waals surface area contributed by atoms with Crippen LogP contribution in [0, 0.1) is 11.8 Å². The van der Waals surface area contributed by atoms with Crippen molar-refractivity contribution in [1.29, 1.82) is 0 Å². The van der Waals surface area contributed by atoms with E-state index in [9.17, 15) is 14.3 Å². The molecular weight excluding hydrogens is 349 g/mol. The molecule has 0 saturated heterocycles. The van der Waals surface area contributed by atoms with Crippen LogP contribution >= 0.6 is 7.37 Å². The fraction of sp³-hybridized carbons (Fsp3) is 0.947. The number of hydrogen-bond donors (Lipinski definition) is 4. The highest BCUT2D eigenvalue weighted by atomic mass is 31.2. The van der Waals surface area contributed by atoms with Gasteiger partial charge in [0.05, 0.1) is 6.04 Å². The number of hydrogen-bond acceptors (Lipinski definition) is 4. The van der Waals surface area contributed by atoms with Gasteiger partial charge in [-0.3, -0.25) is 9.36 Å². The monoisotopic (exact) mass is 389 g/mol. The molecule has 0 bridgehead atoms. The Morgan fingerprint density at radius 3 is 2.42 bits per heavy atom. The average Bonchev–Trinajstić information content (AvgIpc) is 2.60. The topological polar surface area (TPSA) is 118 Å². The number of rotatable bonds is 12. The average molecular weight is 390 g/mol. The molecule has 0 aromatic rings. The molecule has 1 aliphatic carbocycles. The van der Waals surface area contributed by atoms with Gasteiger partial charge < -0.3 is 21.7 Å². The Kier molecular flexibility index (Phi) is 11.0. The zero-order valence-electron chi connectivity index (χ0n) is 16.7. The smallest absolute Gasteiger partial charge is 0.237 e. The second kappa shape index (κ2) is 12.1. The highest BCUT2D eigenvalue weighted by Crippen LogP contribution is 2.49. The van der Waals surface area contributed by atoms with Gasteiger partial charge >= 0.3 is 0 Å². The van der Waals surface area contributed by atoms with E-state index in [0.717, 1.165) is 25.7 Å². The fourth-order valence-corrected chi connectivity index (χ4v) is 5.73. The van der Waals surface area contributed by atoms with E-state index in [1.807, 2.05) is 13.8 Å². The molecule has 1 aliphatic rings. The van der Waals surface area contributed by atoms with E-state index in [4.69, 9.17) is 11.5 Å². The van der Waals surface area contributed by atoms with Crippen LogP contribution in [0.2, 0.25) is 0 Å². The molecule has 3 unspecified atom stereocenters. The highest BCUT2D eigenvalue weighted by molar-refractivity contribution is 7.58. The Bertz CT molecular complexity index is 453. The quantitative estimate of drug-likeness (QED) is 0.302. The minimum atomic E-state index is -3.46. The Morgan fingerprint density at radius 1 is 1.19 bits per heavy atom. The molecule has 0 heterocycles. The van der Waals surface area contributed by atoms with Crippen LogP contribution in [0.25, 0.3) is 0 Å². The number of carbonyl (C=O) groups is 1. The predicted octanol–water partition coefficient (Wildman–Crippen LogP) is 3.17. The first kappa shape index (κ1) is 23.6. The third-order valence-electron chi connectivity index (χ3n) is 5.41. The molecule has 1 amide bonds. The highest BCUT2D eigenvalue weighted by Gasteiger charge is 2.35. The van der Waals surface area contributed by atoms with Crippen molar-refractivity contribution in [1.82, 2.24) is 5.32 Å². The van der Waals surface area contributed by atoms with E-state index in [0.29, 0.717) is 37.6 Å². The van der Waals surface area contributed by atoms with Crippen molar-refractivity contribution in [3.8, 4) is 0 Å². The van der Waals surface area contributed by atoms with Gasteiger partial charge in [0.15, 0.2) is 0 Å². The molecule has 26 heavy (non-hydrogen) atoms.